The zero-order valence-electron chi connectivity index (χ0n) is 27.7. The molecule has 1 heterocycles. The SMILES string of the molecule is CC1(c2ccc3c(c2)oc2ccc(N(c4ccc(-c5ccccc5)cc4)c4ccc5ccccc5c4)cc23)c2ccccc2-c2ccccc21. The quantitative estimate of drug-likeness (QED) is 0.186. The van der Waals surface area contributed by atoms with Gasteiger partial charge in [0.1, 0.15) is 11.2 Å². The van der Waals surface area contributed by atoms with Gasteiger partial charge in [0.25, 0.3) is 0 Å². The Bertz CT molecular complexity index is 2670. The van der Waals surface area contributed by atoms with Crippen molar-refractivity contribution in [2.45, 2.75) is 12.3 Å². The van der Waals surface area contributed by atoms with Crippen LogP contribution in [0, 0.1) is 0 Å². The first-order valence-corrected chi connectivity index (χ1v) is 17.3. The summed E-state index contributed by atoms with van der Waals surface area (Å²) >= 11 is 0. The van der Waals surface area contributed by atoms with Gasteiger partial charge in [0.2, 0.25) is 0 Å². The third kappa shape index (κ3) is 4.35. The lowest BCUT2D eigenvalue weighted by Crippen LogP contribution is -2.22. The van der Waals surface area contributed by atoms with Crippen LogP contribution in [0.2, 0.25) is 0 Å². The van der Waals surface area contributed by atoms with Gasteiger partial charge in [0.05, 0.1) is 0 Å². The predicted molar refractivity (Wildman–Crippen MR) is 209 cm³/mol. The van der Waals surface area contributed by atoms with Crippen molar-refractivity contribution in [2.75, 3.05) is 4.90 Å². The largest absolute Gasteiger partial charge is 0.456 e. The first kappa shape index (κ1) is 28.6. The van der Waals surface area contributed by atoms with E-state index < -0.39 is 0 Å². The average molecular weight is 640 g/mol. The van der Waals surface area contributed by atoms with E-state index in [0.717, 1.165) is 39.0 Å². The molecular weight excluding hydrogens is 607 g/mol. The molecule has 1 aromatic heterocycles. The van der Waals surface area contributed by atoms with Crippen molar-refractivity contribution < 1.29 is 4.42 Å². The van der Waals surface area contributed by atoms with Crippen molar-refractivity contribution >= 4 is 49.8 Å². The lowest BCUT2D eigenvalue weighted by molar-refractivity contribution is 0.662. The maximum atomic E-state index is 6.62. The number of furan rings is 1. The number of anilines is 3. The standard InChI is InChI=1S/C48H33NO/c1-48(44-17-9-7-15-40(44)41-16-8-10-18-45(41)48)36-22-27-42-43-31-39(26-28-46(43)50-47(42)30-36)49(38-25-21-33-13-5-6-14-35(33)29-38)37-23-19-34(20-24-37)32-11-3-2-4-12-32/h2-31H,1H3. The Kier molecular flexibility index (Phi) is 6.34. The predicted octanol–water partition coefficient (Wildman–Crippen LogP) is 13.2. The minimum atomic E-state index is -0.274. The second-order valence-corrected chi connectivity index (χ2v) is 13.5. The molecule has 0 saturated heterocycles. The van der Waals surface area contributed by atoms with E-state index in [9.17, 15) is 0 Å². The van der Waals surface area contributed by atoms with Gasteiger partial charge in [-0.2, -0.15) is 0 Å². The molecule has 0 atom stereocenters. The van der Waals surface area contributed by atoms with Crippen LogP contribution in [-0.2, 0) is 5.41 Å². The maximum Gasteiger partial charge on any atom is 0.135 e. The highest BCUT2D eigenvalue weighted by atomic mass is 16.3. The van der Waals surface area contributed by atoms with E-state index in [-0.39, 0.29) is 5.41 Å². The second kappa shape index (κ2) is 11.1. The molecule has 2 nitrogen and oxygen atoms in total. The first-order valence-electron chi connectivity index (χ1n) is 17.3. The van der Waals surface area contributed by atoms with Crippen LogP contribution in [0.25, 0.3) is 55.0 Å². The van der Waals surface area contributed by atoms with Crippen molar-refractivity contribution in [3.8, 4) is 22.3 Å². The van der Waals surface area contributed by atoms with Gasteiger partial charge in [0.15, 0.2) is 0 Å². The van der Waals surface area contributed by atoms with E-state index in [1.165, 1.54) is 49.7 Å². The normalized spacial score (nSPS) is 13.1. The third-order valence-corrected chi connectivity index (χ3v) is 10.7. The molecule has 1 aliphatic rings. The van der Waals surface area contributed by atoms with E-state index in [0.29, 0.717) is 0 Å². The van der Waals surface area contributed by atoms with Crippen LogP contribution in [0.1, 0.15) is 23.6 Å². The molecule has 0 radical (unpaired) electrons. The molecule has 0 aliphatic heterocycles. The van der Waals surface area contributed by atoms with E-state index in [4.69, 9.17) is 4.42 Å². The minimum absolute atomic E-state index is 0.274. The molecule has 0 bridgehead atoms. The van der Waals surface area contributed by atoms with Gasteiger partial charge >= 0.3 is 0 Å². The summed E-state index contributed by atoms with van der Waals surface area (Å²) in [7, 11) is 0. The molecular formula is C48H33NO. The molecule has 236 valence electrons. The highest BCUT2D eigenvalue weighted by Gasteiger charge is 2.40. The molecule has 0 N–H and O–H groups in total. The second-order valence-electron chi connectivity index (χ2n) is 13.5. The Morgan fingerprint density at radius 2 is 1.02 bits per heavy atom. The number of hydrogen-bond acceptors (Lipinski definition) is 2. The number of rotatable bonds is 5. The van der Waals surface area contributed by atoms with Crippen LogP contribution in [0.4, 0.5) is 17.1 Å². The summed E-state index contributed by atoms with van der Waals surface area (Å²) in [6.45, 7) is 2.35. The summed E-state index contributed by atoms with van der Waals surface area (Å²) in [4.78, 5) is 2.35. The number of nitrogens with zero attached hydrogens (tertiary/aromatic N) is 1. The van der Waals surface area contributed by atoms with E-state index in [1.807, 2.05) is 0 Å². The molecule has 10 rings (SSSR count). The summed E-state index contributed by atoms with van der Waals surface area (Å²) in [6.07, 6.45) is 0. The lowest BCUT2D eigenvalue weighted by atomic mass is 9.74. The van der Waals surface area contributed by atoms with Gasteiger partial charge in [-0.05, 0) is 105 Å². The molecule has 0 fully saturated rings. The van der Waals surface area contributed by atoms with Crippen molar-refractivity contribution in [1.82, 2.24) is 0 Å². The molecule has 50 heavy (non-hydrogen) atoms. The lowest BCUT2D eigenvalue weighted by Gasteiger charge is -2.28. The smallest absolute Gasteiger partial charge is 0.135 e. The van der Waals surface area contributed by atoms with Crippen molar-refractivity contribution in [3.63, 3.8) is 0 Å². The van der Waals surface area contributed by atoms with Crippen LogP contribution in [0.3, 0.4) is 0 Å². The van der Waals surface area contributed by atoms with Gasteiger partial charge in [-0.15, -0.1) is 0 Å². The summed E-state index contributed by atoms with van der Waals surface area (Å²) in [5, 5.41) is 4.66. The van der Waals surface area contributed by atoms with E-state index >= 15 is 0 Å². The summed E-state index contributed by atoms with van der Waals surface area (Å²) < 4.78 is 6.62. The van der Waals surface area contributed by atoms with Crippen LogP contribution in [0.5, 0.6) is 0 Å². The Hall–Kier alpha value is -6.38. The molecule has 8 aromatic carbocycles. The van der Waals surface area contributed by atoms with Crippen molar-refractivity contribution in [3.05, 3.63) is 199 Å². The fourth-order valence-corrected chi connectivity index (χ4v) is 8.18. The highest BCUT2D eigenvalue weighted by molar-refractivity contribution is 6.07. The monoisotopic (exact) mass is 639 g/mol. The van der Waals surface area contributed by atoms with Crippen molar-refractivity contribution in [1.29, 1.82) is 0 Å². The maximum absolute atomic E-state index is 6.62. The molecule has 0 amide bonds. The molecule has 2 heteroatoms. The van der Waals surface area contributed by atoms with Crippen LogP contribution >= 0.6 is 0 Å². The number of benzene rings is 8. The number of hydrogen-bond donors (Lipinski definition) is 0. The topological polar surface area (TPSA) is 16.4 Å². The van der Waals surface area contributed by atoms with Gasteiger partial charge in [0, 0.05) is 33.2 Å². The molecule has 1 aliphatic carbocycles. The fourth-order valence-electron chi connectivity index (χ4n) is 8.18. The van der Waals surface area contributed by atoms with Gasteiger partial charge in [-0.3, -0.25) is 0 Å². The van der Waals surface area contributed by atoms with Gasteiger partial charge in [-0.1, -0.05) is 133 Å². The number of fused-ring (bicyclic) bond motifs is 7. The zero-order chi connectivity index (χ0) is 33.2. The van der Waals surface area contributed by atoms with Gasteiger partial charge in [-0.25, -0.2) is 0 Å². The average Bonchev–Trinajstić information content (AvgIpc) is 3.68. The van der Waals surface area contributed by atoms with Crippen LogP contribution < -0.4 is 4.90 Å². The van der Waals surface area contributed by atoms with E-state index in [2.05, 4.69) is 194 Å². The summed E-state index contributed by atoms with van der Waals surface area (Å²) in [5.41, 5.74) is 13.7. The first-order chi connectivity index (χ1) is 24.6. The van der Waals surface area contributed by atoms with Crippen LogP contribution in [0.15, 0.2) is 186 Å². The zero-order valence-corrected chi connectivity index (χ0v) is 27.7. The Morgan fingerprint density at radius 1 is 0.420 bits per heavy atom. The minimum Gasteiger partial charge on any atom is -0.456 e. The fraction of sp³-hybridized carbons (Fsp3) is 0.0417. The summed E-state index contributed by atoms with van der Waals surface area (Å²) in [6, 6.07) is 65.7. The Morgan fingerprint density at radius 3 is 1.78 bits per heavy atom. The Balaban J connectivity index is 1.11. The molecule has 0 unspecified atom stereocenters. The molecule has 0 saturated carbocycles. The van der Waals surface area contributed by atoms with Crippen molar-refractivity contribution in [2.24, 2.45) is 0 Å². The highest BCUT2D eigenvalue weighted by Crippen LogP contribution is 2.53. The molecule has 0 spiro atoms. The van der Waals surface area contributed by atoms with Crippen LogP contribution in [-0.4, -0.2) is 0 Å². The van der Waals surface area contributed by atoms with E-state index in [1.54, 1.807) is 0 Å². The third-order valence-electron chi connectivity index (χ3n) is 10.7. The molecule has 9 aromatic rings. The Labute approximate surface area is 291 Å². The summed E-state index contributed by atoms with van der Waals surface area (Å²) in [5.74, 6) is 0. The van der Waals surface area contributed by atoms with Gasteiger partial charge < -0.3 is 9.32 Å².